The topological polar surface area (TPSA) is 44.5 Å². The second kappa shape index (κ2) is 5.67. The van der Waals surface area contributed by atoms with E-state index in [4.69, 9.17) is 15.2 Å². The smallest absolute Gasteiger partial charge is 0.162 e. The van der Waals surface area contributed by atoms with Gasteiger partial charge in [0.05, 0.1) is 13.2 Å². The molecule has 3 nitrogen and oxygen atoms in total. The number of hydrogen-bond acceptors (Lipinski definition) is 4. The van der Waals surface area contributed by atoms with Crippen LogP contribution >= 0.6 is 11.8 Å². The van der Waals surface area contributed by atoms with Crippen LogP contribution in [-0.2, 0) is 0 Å². The highest BCUT2D eigenvalue weighted by Crippen LogP contribution is 2.37. The molecule has 0 amide bonds. The lowest BCUT2D eigenvalue weighted by Crippen LogP contribution is -1.97. The molecule has 0 saturated carbocycles. The molecule has 1 heterocycles. The molecule has 2 aromatic rings. The van der Waals surface area contributed by atoms with E-state index in [2.05, 4.69) is 6.07 Å². The third-order valence-corrected chi connectivity index (χ3v) is 4.18. The van der Waals surface area contributed by atoms with E-state index in [-0.39, 0.29) is 0 Å². The fourth-order valence-electron chi connectivity index (χ4n) is 2.03. The van der Waals surface area contributed by atoms with E-state index < -0.39 is 0 Å². The highest BCUT2D eigenvalue weighted by molar-refractivity contribution is 7.99. The van der Waals surface area contributed by atoms with Crippen LogP contribution < -0.4 is 15.2 Å². The average Bonchev–Trinajstić information content (AvgIpc) is 2.68. The van der Waals surface area contributed by atoms with Crippen LogP contribution in [0.25, 0.3) is 0 Å². The Hall–Kier alpha value is -1.81. The first kappa shape index (κ1) is 13.2. The van der Waals surface area contributed by atoms with E-state index in [1.165, 1.54) is 0 Å². The molecular weight excluding hydrogens is 270 g/mol. The molecule has 0 saturated heterocycles. The highest BCUT2D eigenvalue weighted by atomic mass is 32.2. The van der Waals surface area contributed by atoms with Crippen molar-refractivity contribution in [2.24, 2.45) is 0 Å². The predicted octanol–water partition coefficient (Wildman–Crippen LogP) is 3.89. The fraction of sp³-hybridized carbons (Fsp3) is 0.250. The molecule has 3 rings (SSSR count). The summed E-state index contributed by atoms with van der Waals surface area (Å²) in [7, 11) is 0. The number of nitrogens with two attached hydrogens (primary N) is 1. The van der Waals surface area contributed by atoms with E-state index in [0.29, 0.717) is 13.2 Å². The van der Waals surface area contributed by atoms with Crippen molar-refractivity contribution in [3.63, 3.8) is 0 Å². The summed E-state index contributed by atoms with van der Waals surface area (Å²) in [6.45, 7) is 3.43. The number of rotatable bonds is 2. The summed E-state index contributed by atoms with van der Waals surface area (Å²) in [6.07, 6.45) is 0.922. The maximum Gasteiger partial charge on any atom is 0.162 e. The SMILES string of the molecule is Cc1ccc(Sc2ccc3c(c2)OCCCO3)cc1N. The molecule has 0 atom stereocenters. The number of nitrogen functional groups attached to an aromatic ring is 1. The molecule has 0 aromatic heterocycles. The molecule has 2 N–H and O–H groups in total. The van der Waals surface area contributed by atoms with Gasteiger partial charge in [0.15, 0.2) is 11.5 Å². The Kier molecular flexibility index (Phi) is 3.74. The van der Waals surface area contributed by atoms with Gasteiger partial charge in [-0.05, 0) is 42.8 Å². The van der Waals surface area contributed by atoms with E-state index in [1.807, 2.05) is 37.3 Å². The Morgan fingerprint density at radius 2 is 1.65 bits per heavy atom. The standard InChI is InChI=1S/C16H17NO2S/c1-11-3-4-12(9-14(11)17)20-13-5-6-15-16(10-13)19-8-2-7-18-15/h3-6,9-10H,2,7-8,17H2,1H3. The number of benzene rings is 2. The van der Waals surface area contributed by atoms with Gasteiger partial charge < -0.3 is 15.2 Å². The number of ether oxygens (including phenoxy) is 2. The van der Waals surface area contributed by atoms with Gasteiger partial charge in [0.2, 0.25) is 0 Å². The van der Waals surface area contributed by atoms with Crippen molar-refractivity contribution in [1.82, 2.24) is 0 Å². The zero-order chi connectivity index (χ0) is 13.9. The second-order valence-electron chi connectivity index (χ2n) is 4.78. The van der Waals surface area contributed by atoms with Gasteiger partial charge in [-0.25, -0.2) is 0 Å². The van der Waals surface area contributed by atoms with Crippen LogP contribution in [0.5, 0.6) is 11.5 Å². The minimum atomic E-state index is 0.707. The van der Waals surface area contributed by atoms with Crippen molar-refractivity contribution >= 4 is 17.4 Å². The third kappa shape index (κ3) is 2.85. The summed E-state index contributed by atoms with van der Waals surface area (Å²) < 4.78 is 11.3. The van der Waals surface area contributed by atoms with Gasteiger partial charge in [-0.1, -0.05) is 17.8 Å². The van der Waals surface area contributed by atoms with Crippen molar-refractivity contribution in [2.75, 3.05) is 18.9 Å². The summed E-state index contributed by atoms with van der Waals surface area (Å²) in [4.78, 5) is 2.25. The number of hydrogen-bond donors (Lipinski definition) is 1. The third-order valence-electron chi connectivity index (χ3n) is 3.21. The zero-order valence-corrected chi connectivity index (χ0v) is 12.2. The number of anilines is 1. The second-order valence-corrected chi connectivity index (χ2v) is 5.93. The van der Waals surface area contributed by atoms with Crippen molar-refractivity contribution in [1.29, 1.82) is 0 Å². The van der Waals surface area contributed by atoms with Crippen molar-refractivity contribution < 1.29 is 9.47 Å². The molecule has 0 spiro atoms. The van der Waals surface area contributed by atoms with E-state index in [1.54, 1.807) is 11.8 Å². The predicted molar refractivity (Wildman–Crippen MR) is 81.8 cm³/mol. The molecule has 2 aromatic carbocycles. The van der Waals surface area contributed by atoms with Gasteiger partial charge in [0.1, 0.15) is 0 Å². The van der Waals surface area contributed by atoms with E-state index >= 15 is 0 Å². The normalized spacial score (nSPS) is 13.8. The summed E-state index contributed by atoms with van der Waals surface area (Å²) in [5, 5.41) is 0. The molecular formula is C16H17NO2S. The van der Waals surface area contributed by atoms with Crippen molar-refractivity contribution in [3.05, 3.63) is 42.0 Å². The van der Waals surface area contributed by atoms with E-state index in [0.717, 1.165) is 39.0 Å². The van der Waals surface area contributed by atoms with Crippen LogP contribution in [0.2, 0.25) is 0 Å². The van der Waals surface area contributed by atoms with Crippen molar-refractivity contribution in [3.8, 4) is 11.5 Å². The lowest BCUT2D eigenvalue weighted by Gasteiger charge is -2.09. The summed E-state index contributed by atoms with van der Waals surface area (Å²) in [5.74, 6) is 1.66. The van der Waals surface area contributed by atoms with Gasteiger partial charge in [0.25, 0.3) is 0 Å². The largest absolute Gasteiger partial charge is 0.490 e. The Morgan fingerprint density at radius 1 is 0.950 bits per heavy atom. The first-order valence-corrected chi connectivity index (χ1v) is 7.48. The molecule has 0 radical (unpaired) electrons. The summed E-state index contributed by atoms with van der Waals surface area (Å²) in [5.41, 5.74) is 7.88. The zero-order valence-electron chi connectivity index (χ0n) is 11.4. The van der Waals surface area contributed by atoms with Gasteiger partial charge in [0, 0.05) is 21.9 Å². The molecule has 4 heteroatoms. The minimum absolute atomic E-state index is 0.707. The molecule has 1 aliphatic rings. The van der Waals surface area contributed by atoms with Crippen molar-refractivity contribution in [2.45, 2.75) is 23.1 Å². The minimum Gasteiger partial charge on any atom is -0.490 e. The number of fused-ring (bicyclic) bond motifs is 1. The first-order valence-electron chi connectivity index (χ1n) is 6.66. The molecule has 20 heavy (non-hydrogen) atoms. The van der Waals surface area contributed by atoms with Crippen LogP contribution in [0.1, 0.15) is 12.0 Å². The quantitative estimate of drug-likeness (QED) is 0.851. The van der Waals surface area contributed by atoms with Crippen LogP contribution in [0.15, 0.2) is 46.2 Å². The fourth-order valence-corrected chi connectivity index (χ4v) is 2.92. The monoisotopic (exact) mass is 287 g/mol. The lowest BCUT2D eigenvalue weighted by atomic mass is 10.2. The van der Waals surface area contributed by atoms with Gasteiger partial charge in [-0.3, -0.25) is 0 Å². The molecule has 0 aliphatic carbocycles. The van der Waals surface area contributed by atoms with Crippen LogP contribution in [0.4, 0.5) is 5.69 Å². The maximum absolute atomic E-state index is 5.95. The molecule has 1 aliphatic heterocycles. The average molecular weight is 287 g/mol. The molecule has 104 valence electrons. The Balaban J connectivity index is 1.83. The first-order chi connectivity index (χ1) is 9.72. The highest BCUT2D eigenvalue weighted by Gasteiger charge is 2.11. The Bertz CT molecular complexity index is 628. The van der Waals surface area contributed by atoms with E-state index in [9.17, 15) is 0 Å². The Labute approximate surface area is 123 Å². The lowest BCUT2D eigenvalue weighted by molar-refractivity contribution is 0.297. The Morgan fingerprint density at radius 3 is 2.45 bits per heavy atom. The maximum atomic E-state index is 5.95. The molecule has 0 unspecified atom stereocenters. The van der Waals surface area contributed by atoms with Crippen LogP contribution in [0, 0.1) is 6.92 Å². The summed E-state index contributed by atoms with van der Waals surface area (Å²) >= 11 is 1.67. The molecule has 0 fully saturated rings. The number of aryl methyl sites for hydroxylation is 1. The van der Waals surface area contributed by atoms with Crippen LogP contribution in [0.3, 0.4) is 0 Å². The molecule has 0 bridgehead atoms. The van der Waals surface area contributed by atoms with Gasteiger partial charge >= 0.3 is 0 Å². The van der Waals surface area contributed by atoms with Crippen LogP contribution in [-0.4, -0.2) is 13.2 Å². The van der Waals surface area contributed by atoms with Gasteiger partial charge in [-0.2, -0.15) is 0 Å². The van der Waals surface area contributed by atoms with Gasteiger partial charge in [-0.15, -0.1) is 0 Å². The summed E-state index contributed by atoms with van der Waals surface area (Å²) in [6, 6.07) is 12.2.